The summed E-state index contributed by atoms with van der Waals surface area (Å²) in [5.41, 5.74) is 2.46. The van der Waals surface area contributed by atoms with Crippen LogP contribution in [0, 0.1) is 5.92 Å². The number of hydrogen-bond acceptors (Lipinski definition) is 4. The van der Waals surface area contributed by atoms with Gasteiger partial charge in [0.1, 0.15) is 0 Å². The summed E-state index contributed by atoms with van der Waals surface area (Å²) in [6, 6.07) is 5.82. The van der Waals surface area contributed by atoms with Crippen LogP contribution >= 0.6 is 0 Å². The number of sulfonamides is 1. The number of benzene rings is 1. The first-order chi connectivity index (χ1) is 12.9. The number of nitrogens with zero attached hydrogens (tertiary/aromatic N) is 2. The first kappa shape index (κ1) is 18.9. The van der Waals surface area contributed by atoms with Gasteiger partial charge < -0.3 is 5.32 Å². The van der Waals surface area contributed by atoms with Gasteiger partial charge in [-0.15, -0.1) is 0 Å². The number of amides is 1. The van der Waals surface area contributed by atoms with Crippen LogP contribution < -0.4 is 5.32 Å². The molecule has 1 unspecified atom stereocenters. The fraction of sp³-hybridized carbons (Fsp3) is 0.650. The molecule has 1 saturated carbocycles. The number of carbonyl (C=O) groups is 1. The molecule has 1 atom stereocenters. The summed E-state index contributed by atoms with van der Waals surface area (Å²) in [6.45, 7) is 4.47. The predicted molar refractivity (Wildman–Crippen MR) is 104 cm³/mol. The summed E-state index contributed by atoms with van der Waals surface area (Å²) in [5, 5.41) is 3.07. The number of aryl methyl sites for hydroxylation is 2. The van der Waals surface area contributed by atoms with E-state index in [-0.39, 0.29) is 11.9 Å². The SMILES string of the molecule is CC(NC(=O)CN1CCN(S(=O)(=O)c2ccc3c(c2)CCC3)CC1)C1CC1. The van der Waals surface area contributed by atoms with Crippen molar-refractivity contribution in [3.05, 3.63) is 29.3 Å². The molecule has 0 bridgehead atoms. The number of carbonyl (C=O) groups excluding carboxylic acids is 1. The van der Waals surface area contributed by atoms with E-state index < -0.39 is 10.0 Å². The largest absolute Gasteiger partial charge is 0.352 e. The monoisotopic (exact) mass is 391 g/mol. The zero-order valence-corrected chi connectivity index (χ0v) is 16.8. The lowest BCUT2D eigenvalue weighted by molar-refractivity contribution is -0.123. The molecule has 0 aromatic heterocycles. The lowest BCUT2D eigenvalue weighted by Gasteiger charge is -2.33. The van der Waals surface area contributed by atoms with Crippen LogP contribution in [-0.2, 0) is 27.7 Å². The third kappa shape index (κ3) is 4.20. The molecule has 2 aliphatic carbocycles. The van der Waals surface area contributed by atoms with Gasteiger partial charge in [-0.25, -0.2) is 8.42 Å². The average Bonchev–Trinajstić information content (AvgIpc) is 3.39. The number of rotatable bonds is 6. The Balaban J connectivity index is 1.32. The quantitative estimate of drug-likeness (QED) is 0.796. The normalized spacial score (nSPS) is 22.4. The van der Waals surface area contributed by atoms with E-state index in [0.29, 0.717) is 43.5 Å². The smallest absolute Gasteiger partial charge is 0.243 e. The molecule has 148 valence electrons. The van der Waals surface area contributed by atoms with E-state index in [9.17, 15) is 13.2 Å². The molecule has 1 N–H and O–H groups in total. The Morgan fingerprint density at radius 1 is 1.15 bits per heavy atom. The van der Waals surface area contributed by atoms with Crippen LogP contribution in [0.5, 0.6) is 0 Å². The van der Waals surface area contributed by atoms with Gasteiger partial charge in [0.15, 0.2) is 0 Å². The maximum absolute atomic E-state index is 13.0. The van der Waals surface area contributed by atoms with Gasteiger partial charge in [-0.05, 0) is 68.2 Å². The fourth-order valence-electron chi connectivity index (χ4n) is 4.20. The molecule has 1 aromatic rings. The zero-order valence-electron chi connectivity index (χ0n) is 16.0. The molecule has 0 spiro atoms. The molecule has 1 aromatic carbocycles. The Bertz CT molecular complexity index is 812. The van der Waals surface area contributed by atoms with E-state index in [2.05, 4.69) is 12.2 Å². The van der Waals surface area contributed by atoms with Crippen molar-refractivity contribution < 1.29 is 13.2 Å². The lowest BCUT2D eigenvalue weighted by Crippen LogP contribution is -2.51. The minimum Gasteiger partial charge on any atom is -0.352 e. The highest BCUT2D eigenvalue weighted by Gasteiger charge is 2.31. The van der Waals surface area contributed by atoms with Crippen LogP contribution in [-0.4, -0.2) is 62.3 Å². The Morgan fingerprint density at radius 3 is 2.56 bits per heavy atom. The van der Waals surface area contributed by atoms with Gasteiger partial charge in [0.05, 0.1) is 11.4 Å². The Hall–Kier alpha value is -1.44. The van der Waals surface area contributed by atoms with Gasteiger partial charge in [-0.2, -0.15) is 4.31 Å². The van der Waals surface area contributed by atoms with E-state index in [4.69, 9.17) is 0 Å². The molecule has 6 nitrogen and oxygen atoms in total. The maximum atomic E-state index is 13.0. The number of nitrogens with one attached hydrogen (secondary N) is 1. The van der Waals surface area contributed by atoms with Crippen molar-refractivity contribution in [2.45, 2.75) is 50.0 Å². The number of fused-ring (bicyclic) bond motifs is 1. The first-order valence-corrected chi connectivity index (χ1v) is 11.5. The molecule has 1 saturated heterocycles. The van der Waals surface area contributed by atoms with Crippen LogP contribution in [0.3, 0.4) is 0 Å². The summed E-state index contributed by atoms with van der Waals surface area (Å²) in [4.78, 5) is 14.6. The van der Waals surface area contributed by atoms with Crippen LogP contribution in [0.2, 0.25) is 0 Å². The summed E-state index contributed by atoms with van der Waals surface area (Å²) in [6.07, 6.45) is 5.55. The van der Waals surface area contributed by atoms with Crippen LogP contribution in [0.25, 0.3) is 0 Å². The predicted octanol–water partition coefficient (Wildman–Crippen LogP) is 1.40. The van der Waals surface area contributed by atoms with E-state index in [0.717, 1.165) is 19.3 Å². The zero-order chi connectivity index (χ0) is 19.0. The number of piperazine rings is 1. The molecular formula is C20H29N3O3S. The third-order valence-electron chi connectivity index (χ3n) is 6.12. The second-order valence-electron chi connectivity index (χ2n) is 8.16. The minimum atomic E-state index is -3.45. The Labute approximate surface area is 162 Å². The van der Waals surface area contributed by atoms with Crippen LogP contribution in [0.4, 0.5) is 0 Å². The summed E-state index contributed by atoms with van der Waals surface area (Å²) >= 11 is 0. The van der Waals surface area contributed by atoms with E-state index >= 15 is 0 Å². The van der Waals surface area contributed by atoms with Crippen molar-refractivity contribution in [1.29, 1.82) is 0 Å². The summed E-state index contributed by atoms with van der Waals surface area (Å²) in [5.74, 6) is 0.688. The topological polar surface area (TPSA) is 69.7 Å². The molecule has 0 radical (unpaired) electrons. The van der Waals surface area contributed by atoms with Crippen molar-refractivity contribution >= 4 is 15.9 Å². The fourth-order valence-corrected chi connectivity index (χ4v) is 5.68. The Kier molecular flexibility index (Phi) is 5.27. The van der Waals surface area contributed by atoms with Gasteiger partial charge in [0.25, 0.3) is 0 Å². The molecule has 1 aliphatic heterocycles. The van der Waals surface area contributed by atoms with Crippen LogP contribution in [0.15, 0.2) is 23.1 Å². The van der Waals surface area contributed by atoms with Crippen molar-refractivity contribution in [2.75, 3.05) is 32.7 Å². The molecule has 4 rings (SSSR count). The van der Waals surface area contributed by atoms with E-state index in [1.54, 1.807) is 10.4 Å². The summed E-state index contributed by atoms with van der Waals surface area (Å²) < 4.78 is 27.5. The van der Waals surface area contributed by atoms with Crippen LogP contribution in [0.1, 0.15) is 37.3 Å². The van der Waals surface area contributed by atoms with Gasteiger partial charge >= 0.3 is 0 Å². The minimum absolute atomic E-state index is 0.0457. The molecule has 1 heterocycles. The highest BCUT2D eigenvalue weighted by Crippen LogP contribution is 2.32. The average molecular weight is 392 g/mol. The van der Waals surface area contributed by atoms with Crippen molar-refractivity contribution in [1.82, 2.24) is 14.5 Å². The molecule has 7 heteroatoms. The first-order valence-electron chi connectivity index (χ1n) is 10.1. The van der Waals surface area contributed by atoms with E-state index in [1.807, 2.05) is 17.0 Å². The summed E-state index contributed by atoms with van der Waals surface area (Å²) in [7, 11) is -3.45. The van der Waals surface area contributed by atoms with Gasteiger partial charge in [0.2, 0.25) is 15.9 Å². The highest BCUT2D eigenvalue weighted by molar-refractivity contribution is 7.89. The third-order valence-corrected chi connectivity index (χ3v) is 8.02. The Morgan fingerprint density at radius 2 is 1.85 bits per heavy atom. The molecule has 1 amide bonds. The van der Waals surface area contributed by atoms with Gasteiger partial charge in [0, 0.05) is 32.2 Å². The maximum Gasteiger partial charge on any atom is 0.243 e. The lowest BCUT2D eigenvalue weighted by atomic mass is 10.1. The van der Waals surface area contributed by atoms with Crippen molar-refractivity contribution in [3.63, 3.8) is 0 Å². The molecule has 27 heavy (non-hydrogen) atoms. The molecule has 2 fully saturated rings. The van der Waals surface area contributed by atoms with Crippen molar-refractivity contribution in [3.8, 4) is 0 Å². The van der Waals surface area contributed by atoms with E-state index in [1.165, 1.54) is 24.0 Å². The van der Waals surface area contributed by atoms with Crippen molar-refractivity contribution in [2.24, 2.45) is 5.92 Å². The van der Waals surface area contributed by atoms with Gasteiger partial charge in [-0.1, -0.05) is 6.07 Å². The second kappa shape index (κ2) is 7.53. The standard InChI is InChI=1S/C20H29N3O3S/c1-15(16-5-6-16)21-20(24)14-22-9-11-23(12-10-22)27(25,26)19-8-7-17-3-2-4-18(17)13-19/h7-8,13,15-16H,2-6,9-12,14H2,1H3,(H,21,24). The number of hydrogen-bond donors (Lipinski definition) is 1. The molecular weight excluding hydrogens is 362 g/mol. The highest BCUT2D eigenvalue weighted by atomic mass is 32.2. The molecule has 3 aliphatic rings. The second-order valence-corrected chi connectivity index (χ2v) is 10.1. The van der Waals surface area contributed by atoms with Gasteiger partial charge in [-0.3, -0.25) is 9.69 Å².